The van der Waals surface area contributed by atoms with E-state index in [9.17, 15) is 9.59 Å². The molecule has 2 aromatic carbocycles. The summed E-state index contributed by atoms with van der Waals surface area (Å²) in [4.78, 5) is 27.5. The van der Waals surface area contributed by atoms with Crippen molar-refractivity contribution in [1.29, 1.82) is 0 Å². The molecule has 1 aliphatic heterocycles. The monoisotopic (exact) mass is 331 g/mol. The fraction of sp³-hybridized carbons (Fsp3) is 0.364. The Balaban J connectivity index is 1.54. The zero-order chi connectivity index (χ0) is 17.0. The molecule has 3 aliphatic rings. The summed E-state index contributed by atoms with van der Waals surface area (Å²) in [6, 6.07) is 8.01. The average molecular weight is 331 g/mol. The molecule has 0 saturated carbocycles. The highest BCUT2D eigenvalue weighted by Gasteiger charge is 2.34. The number of benzene rings is 2. The van der Waals surface area contributed by atoms with Crippen LogP contribution in [-0.2, 0) is 12.8 Å². The molecule has 2 amide bonds. The van der Waals surface area contributed by atoms with E-state index >= 15 is 0 Å². The van der Waals surface area contributed by atoms with Gasteiger partial charge in [0, 0.05) is 23.1 Å². The summed E-state index contributed by atoms with van der Waals surface area (Å²) in [5, 5.41) is 2.06. The van der Waals surface area contributed by atoms with E-state index in [-0.39, 0.29) is 11.8 Å². The lowest BCUT2D eigenvalue weighted by molar-refractivity contribution is 0.0612. The van der Waals surface area contributed by atoms with Crippen LogP contribution in [0.1, 0.15) is 63.9 Å². The molecule has 0 saturated heterocycles. The normalized spacial score (nSPS) is 18.9. The summed E-state index contributed by atoms with van der Waals surface area (Å²) in [5.41, 5.74) is 5.35. The Kier molecular flexibility index (Phi) is 3.30. The molecule has 0 fully saturated rings. The van der Waals surface area contributed by atoms with E-state index in [1.54, 1.807) is 0 Å². The van der Waals surface area contributed by atoms with Gasteiger partial charge in [0.15, 0.2) is 0 Å². The highest BCUT2D eigenvalue weighted by Crippen LogP contribution is 2.38. The van der Waals surface area contributed by atoms with Crippen molar-refractivity contribution in [3.05, 3.63) is 58.2 Å². The first kappa shape index (κ1) is 14.9. The first-order valence-electron chi connectivity index (χ1n) is 9.35. The molecular formula is C22H21NO2. The number of amides is 2. The summed E-state index contributed by atoms with van der Waals surface area (Å²) >= 11 is 0. The molecule has 2 aromatic rings. The van der Waals surface area contributed by atoms with Gasteiger partial charge in [0.1, 0.15) is 0 Å². The smallest absolute Gasteiger partial charge is 0.261 e. The van der Waals surface area contributed by atoms with E-state index in [2.05, 4.69) is 18.2 Å². The van der Waals surface area contributed by atoms with E-state index in [1.165, 1.54) is 34.4 Å². The minimum absolute atomic E-state index is 0.121. The number of carbonyl (C=O) groups excluding carboxylic acids is 2. The largest absolute Gasteiger partial charge is 0.274 e. The van der Waals surface area contributed by atoms with Crippen molar-refractivity contribution in [1.82, 2.24) is 4.90 Å². The molecule has 0 radical (unpaired) electrons. The summed E-state index contributed by atoms with van der Waals surface area (Å²) < 4.78 is 0. The van der Waals surface area contributed by atoms with Crippen LogP contribution < -0.4 is 0 Å². The SMILES string of the molecule is O=C1c2ccc3c4c(ccc(c24)C(=O)N1CCC1=CCCCC1)CC3. The Hall–Kier alpha value is -2.42. The van der Waals surface area contributed by atoms with Crippen molar-refractivity contribution in [3.63, 3.8) is 0 Å². The number of hydrogen-bond acceptors (Lipinski definition) is 2. The van der Waals surface area contributed by atoms with Crippen LogP contribution in [0.4, 0.5) is 0 Å². The van der Waals surface area contributed by atoms with Crippen molar-refractivity contribution in [2.24, 2.45) is 0 Å². The highest BCUT2D eigenvalue weighted by atomic mass is 16.2. The van der Waals surface area contributed by atoms with Crippen molar-refractivity contribution in [2.45, 2.75) is 44.9 Å². The van der Waals surface area contributed by atoms with E-state index in [1.807, 2.05) is 12.1 Å². The van der Waals surface area contributed by atoms with E-state index < -0.39 is 0 Å². The van der Waals surface area contributed by atoms with Crippen LogP contribution in [0.15, 0.2) is 35.9 Å². The number of allylic oxidation sites excluding steroid dienone is 1. The minimum atomic E-state index is -0.121. The zero-order valence-corrected chi connectivity index (χ0v) is 14.3. The maximum absolute atomic E-state index is 13.0. The molecule has 2 aliphatic carbocycles. The molecule has 5 rings (SSSR count). The first-order valence-corrected chi connectivity index (χ1v) is 9.35. The van der Waals surface area contributed by atoms with Gasteiger partial charge in [-0.1, -0.05) is 23.8 Å². The number of imide groups is 1. The van der Waals surface area contributed by atoms with Crippen LogP contribution in [0.5, 0.6) is 0 Å². The molecular weight excluding hydrogens is 310 g/mol. The number of carbonyl (C=O) groups is 2. The summed E-state index contributed by atoms with van der Waals surface area (Å²) in [6.07, 6.45) is 9.84. The lowest BCUT2D eigenvalue weighted by Gasteiger charge is -2.28. The fourth-order valence-corrected chi connectivity index (χ4v) is 4.66. The Labute approximate surface area is 147 Å². The molecule has 0 aromatic heterocycles. The van der Waals surface area contributed by atoms with Gasteiger partial charge in [-0.05, 0) is 73.6 Å². The van der Waals surface area contributed by atoms with Gasteiger partial charge in [0.05, 0.1) is 0 Å². The van der Waals surface area contributed by atoms with Crippen molar-refractivity contribution in [2.75, 3.05) is 6.54 Å². The molecule has 3 heteroatoms. The standard InChI is InChI=1S/C22H21NO2/c24-21-17-10-8-15-6-7-16-9-11-18(20(17)19(15)16)22(25)23(21)13-12-14-4-2-1-3-5-14/h4,8-11H,1-3,5-7,12-13H2. The lowest BCUT2D eigenvalue weighted by Crippen LogP contribution is -2.41. The zero-order valence-electron chi connectivity index (χ0n) is 14.3. The summed E-state index contributed by atoms with van der Waals surface area (Å²) in [5.74, 6) is -0.242. The number of nitrogens with zero attached hydrogens (tertiary/aromatic N) is 1. The fourth-order valence-electron chi connectivity index (χ4n) is 4.66. The maximum atomic E-state index is 13.0. The van der Waals surface area contributed by atoms with Gasteiger partial charge in [-0.15, -0.1) is 0 Å². The van der Waals surface area contributed by atoms with Crippen LogP contribution in [0, 0.1) is 0 Å². The summed E-state index contributed by atoms with van der Waals surface area (Å²) in [7, 11) is 0. The predicted octanol–water partition coefficient (Wildman–Crippen LogP) is 4.42. The van der Waals surface area contributed by atoms with Gasteiger partial charge in [0.2, 0.25) is 0 Å². The molecule has 0 atom stereocenters. The van der Waals surface area contributed by atoms with Gasteiger partial charge < -0.3 is 0 Å². The lowest BCUT2D eigenvalue weighted by atomic mass is 9.90. The minimum Gasteiger partial charge on any atom is -0.274 e. The van der Waals surface area contributed by atoms with Crippen LogP contribution in [0.2, 0.25) is 0 Å². The van der Waals surface area contributed by atoms with E-state index in [0.717, 1.165) is 42.9 Å². The molecule has 0 bridgehead atoms. The molecule has 3 nitrogen and oxygen atoms in total. The molecule has 0 spiro atoms. The Morgan fingerprint density at radius 2 is 1.48 bits per heavy atom. The third kappa shape index (κ3) is 2.18. The molecule has 25 heavy (non-hydrogen) atoms. The Morgan fingerprint density at radius 3 is 2.08 bits per heavy atom. The third-order valence-electron chi connectivity index (χ3n) is 5.99. The maximum Gasteiger partial charge on any atom is 0.261 e. The van der Waals surface area contributed by atoms with Crippen molar-refractivity contribution in [3.8, 4) is 0 Å². The second kappa shape index (κ2) is 5.55. The van der Waals surface area contributed by atoms with E-state index in [0.29, 0.717) is 17.7 Å². The van der Waals surface area contributed by atoms with Gasteiger partial charge in [0.25, 0.3) is 11.8 Å². The van der Waals surface area contributed by atoms with Gasteiger partial charge in [-0.25, -0.2) is 0 Å². The number of hydrogen-bond donors (Lipinski definition) is 0. The van der Waals surface area contributed by atoms with E-state index in [4.69, 9.17) is 0 Å². The van der Waals surface area contributed by atoms with Crippen LogP contribution >= 0.6 is 0 Å². The van der Waals surface area contributed by atoms with Gasteiger partial charge in [-0.2, -0.15) is 0 Å². The molecule has 0 unspecified atom stereocenters. The molecule has 1 heterocycles. The quantitative estimate of drug-likeness (QED) is 0.616. The second-order valence-electron chi connectivity index (χ2n) is 7.41. The van der Waals surface area contributed by atoms with Crippen LogP contribution in [0.3, 0.4) is 0 Å². The topological polar surface area (TPSA) is 37.4 Å². The Morgan fingerprint density at radius 1 is 0.800 bits per heavy atom. The second-order valence-corrected chi connectivity index (χ2v) is 7.41. The number of aryl methyl sites for hydroxylation is 2. The number of rotatable bonds is 3. The van der Waals surface area contributed by atoms with Gasteiger partial charge in [-0.3, -0.25) is 14.5 Å². The van der Waals surface area contributed by atoms with Gasteiger partial charge >= 0.3 is 0 Å². The third-order valence-corrected chi connectivity index (χ3v) is 5.99. The Bertz CT molecular complexity index is 895. The molecule has 0 N–H and O–H groups in total. The highest BCUT2D eigenvalue weighted by molar-refractivity contribution is 6.26. The van der Waals surface area contributed by atoms with Crippen molar-refractivity contribution < 1.29 is 9.59 Å². The van der Waals surface area contributed by atoms with Crippen LogP contribution in [-0.4, -0.2) is 23.3 Å². The first-order chi connectivity index (χ1) is 12.2. The van der Waals surface area contributed by atoms with Crippen LogP contribution in [0.25, 0.3) is 10.8 Å². The van der Waals surface area contributed by atoms with Crippen molar-refractivity contribution >= 4 is 22.6 Å². The summed E-state index contributed by atoms with van der Waals surface area (Å²) in [6.45, 7) is 0.494. The average Bonchev–Trinajstić information content (AvgIpc) is 3.07. The molecule has 126 valence electrons. The predicted molar refractivity (Wildman–Crippen MR) is 97.9 cm³/mol.